The summed E-state index contributed by atoms with van der Waals surface area (Å²) in [5.74, 6) is -0.278. The highest BCUT2D eigenvalue weighted by molar-refractivity contribution is 5.92. The van der Waals surface area contributed by atoms with E-state index in [-0.39, 0.29) is 11.7 Å². The molecule has 3 rings (SSSR count). The van der Waals surface area contributed by atoms with Gasteiger partial charge in [0, 0.05) is 31.7 Å². The molecule has 1 aromatic heterocycles. The van der Waals surface area contributed by atoms with Gasteiger partial charge in [0.2, 0.25) is 0 Å². The van der Waals surface area contributed by atoms with Gasteiger partial charge in [-0.15, -0.1) is 0 Å². The van der Waals surface area contributed by atoms with Crippen molar-refractivity contribution in [2.24, 2.45) is 0 Å². The molecule has 1 aliphatic heterocycles. The van der Waals surface area contributed by atoms with Crippen molar-refractivity contribution in [1.29, 1.82) is 0 Å². The highest BCUT2D eigenvalue weighted by Gasteiger charge is 2.20. The Morgan fingerprint density at radius 2 is 1.96 bits per heavy atom. The average molecular weight is 327 g/mol. The van der Waals surface area contributed by atoms with Crippen molar-refractivity contribution in [2.75, 3.05) is 33.2 Å². The van der Waals surface area contributed by atoms with E-state index < -0.39 is 0 Å². The number of halogens is 1. The number of hydrogen-bond donors (Lipinski definition) is 0. The Morgan fingerprint density at radius 3 is 2.79 bits per heavy atom. The summed E-state index contributed by atoms with van der Waals surface area (Å²) in [5, 5.41) is 0. The molecule has 1 fully saturated rings. The summed E-state index contributed by atoms with van der Waals surface area (Å²) >= 11 is 0. The molecule has 2 aromatic rings. The first-order valence-electron chi connectivity index (χ1n) is 8.30. The van der Waals surface area contributed by atoms with Crippen molar-refractivity contribution in [3.05, 3.63) is 65.2 Å². The lowest BCUT2D eigenvalue weighted by atomic mass is 10.1. The van der Waals surface area contributed by atoms with E-state index in [1.54, 1.807) is 12.1 Å². The zero-order valence-corrected chi connectivity index (χ0v) is 13.9. The Hall–Kier alpha value is -2.27. The zero-order chi connectivity index (χ0) is 16.9. The fraction of sp³-hybridized carbons (Fsp3) is 0.368. The number of carbonyl (C=O) groups is 1. The zero-order valence-electron chi connectivity index (χ0n) is 13.9. The molecule has 0 aliphatic carbocycles. The number of hydrogen-bond acceptors (Lipinski definition) is 3. The Balaban J connectivity index is 1.73. The Kier molecular flexibility index (Phi) is 5.20. The van der Waals surface area contributed by atoms with Gasteiger partial charge in [0.15, 0.2) is 0 Å². The van der Waals surface area contributed by atoms with E-state index in [1.807, 2.05) is 23.1 Å². The van der Waals surface area contributed by atoms with Crippen molar-refractivity contribution in [1.82, 2.24) is 14.8 Å². The van der Waals surface area contributed by atoms with Crippen LogP contribution in [0.2, 0.25) is 0 Å². The SMILES string of the molecule is CN1CCCN(C(=O)c2cccc(Cc3cccc(F)c3)n2)CC1. The van der Waals surface area contributed by atoms with Crippen LogP contribution < -0.4 is 0 Å². The van der Waals surface area contributed by atoms with E-state index in [9.17, 15) is 9.18 Å². The molecule has 0 radical (unpaired) electrons. The highest BCUT2D eigenvalue weighted by Crippen LogP contribution is 2.12. The molecule has 0 unspecified atom stereocenters. The molecule has 1 aliphatic rings. The standard InChI is InChI=1S/C19H22FN3O/c1-22-9-4-10-23(12-11-22)19(24)18-8-3-7-17(21-18)14-15-5-2-6-16(20)13-15/h2-3,5-8,13H,4,9-12,14H2,1H3. The number of nitrogens with zero attached hydrogens (tertiary/aromatic N) is 3. The molecule has 2 heterocycles. The minimum Gasteiger partial charge on any atom is -0.336 e. The van der Waals surface area contributed by atoms with Gasteiger partial charge in [0.25, 0.3) is 5.91 Å². The van der Waals surface area contributed by atoms with Crippen LogP contribution in [0.15, 0.2) is 42.5 Å². The quantitative estimate of drug-likeness (QED) is 0.869. The van der Waals surface area contributed by atoms with Gasteiger partial charge in [-0.3, -0.25) is 4.79 Å². The van der Waals surface area contributed by atoms with Crippen LogP contribution in [0.4, 0.5) is 4.39 Å². The van der Waals surface area contributed by atoms with E-state index >= 15 is 0 Å². The van der Waals surface area contributed by atoms with Crippen LogP contribution >= 0.6 is 0 Å². The van der Waals surface area contributed by atoms with Crippen LogP contribution in [0.25, 0.3) is 0 Å². The predicted octanol–water partition coefficient (Wildman–Crippen LogP) is 2.59. The fourth-order valence-electron chi connectivity index (χ4n) is 2.96. The first-order chi connectivity index (χ1) is 11.6. The molecule has 4 nitrogen and oxygen atoms in total. The van der Waals surface area contributed by atoms with Crippen molar-refractivity contribution in [3.8, 4) is 0 Å². The fourth-order valence-corrected chi connectivity index (χ4v) is 2.96. The lowest BCUT2D eigenvalue weighted by molar-refractivity contribution is 0.0756. The average Bonchev–Trinajstić information content (AvgIpc) is 2.79. The lowest BCUT2D eigenvalue weighted by Crippen LogP contribution is -2.35. The van der Waals surface area contributed by atoms with Gasteiger partial charge in [-0.25, -0.2) is 9.37 Å². The third-order valence-corrected chi connectivity index (χ3v) is 4.31. The normalized spacial score (nSPS) is 16.0. The topological polar surface area (TPSA) is 36.4 Å². The molecule has 0 spiro atoms. The monoisotopic (exact) mass is 327 g/mol. The summed E-state index contributed by atoms with van der Waals surface area (Å²) in [6.45, 7) is 3.38. The molecule has 0 N–H and O–H groups in total. The van der Waals surface area contributed by atoms with Crippen LogP contribution in [0.3, 0.4) is 0 Å². The molecule has 0 atom stereocenters. The molecule has 1 amide bonds. The molecule has 0 saturated carbocycles. The largest absolute Gasteiger partial charge is 0.336 e. The number of rotatable bonds is 3. The number of benzene rings is 1. The number of aromatic nitrogens is 1. The maximum atomic E-state index is 13.3. The molecule has 5 heteroatoms. The molecule has 126 valence electrons. The maximum absolute atomic E-state index is 13.3. The number of carbonyl (C=O) groups excluding carboxylic acids is 1. The van der Waals surface area contributed by atoms with Gasteiger partial charge in [0.1, 0.15) is 11.5 Å². The summed E-state index contributed by atoms with van der Waals surface area (Å²) in [6.07, 6.45) is 1.49. The molecular formula is C19H22FN3O. The van der Waals surface area contributed by atoms with Gasteiger partial charge in [0.05, 0.1) is 0 Å². The number of likely N-dealkylation sites (N-methyl/N-ethyl adjacent to an activating group) is 1. The summed E-state index contributed by atoms with van der Waals surface area (Å²) in [4.78, 5) is 21.3. The highest BCUT2D eigenvalue weighted by atomic mass is 19.1. The van der Waals surface area contributed by atoms with Crippen molar-refractivity contribution >= 4 is 5.91 Å². The second kappa shape index (κ2) is 7.53. The van der Waals surface area contributed by atoms with Crippen molar-refractivity contribution in [3.63, 3.8) is 0 Å². The number of amides is 1. The van der Waals surface area contributed by atoms with E-state index in [0.717, 1.165) is 43.9 Å². The second-order valence-electron chi connectivity index (χ2n) is 6.27. The Labute approximate surface area is 141 Å². The molecule has 24 heavy (non-hydrogen) atoms. The molecule has 1 saturated heterocycles. The summed E-state index contributed by atoms with van der Waals surface area (Å²) in [7, 11) is 2.08. The smallest absolute Gasteiger partial charge is 0.272 e. The van der Waals surface area contributed by atoms with E-state index in [4.69, 9.17) is 0 Å². The maximum Gasteiger partial charge on any atom is 0.272 e. The lowest BCUT2D eigenvalue weighted by Gasteiger charge is -2.20. The van der Waals surface area contributed by atoms with Crippen LogP contribution in [-0.2, 0) is 6.42 Å². The first-order valence-corrected chi connectivity index (χ1v) is 8.30. The van der Waals surface area contributed by atoms with E-state index in [2.05, 4.69) is 16.9 Å². The van der Waals surface area contributed by atoms with Gasteiger partial charge in [-0.1, -0.05) is 18.2 Å². The summed E-state index contributed by atoms with van der Waals surface area (Å²) in [5.41, 5.74) is 2.09. The third kappa shape index (κ3) is 4.17. The predicted molar refractivity (Wildman–Crippen MR) is 91.5 cm³/mol. The molecule has 1 aromatic carbocycles. The van der Waals surface area contributed by atoms with Crippen LogP contribution in [0.1, 0.15) is 28.2 Å². The van der Waals surface area contributed by atoms with Crippen molar-refractivity contribution in [2.45, 2.75) is 12.8 Å². The Bertz CT molecular complexity index is 719. The van der Waals surface area contributed by atoms with Crippen LogP contribution in [0.5, 0.6) is 0 Å². The summed E-state index contributed by atoms with van der Waals surface area (Å²) < 4.78 is 13.3. The van der Waals surface area contributed by atoms with Crippen LogP contribution in [-0.4, -0.2) is 53.9 Å². The summed E-state index contributed by atoms with van der Waals surface area (Å²) in [6, 6.07) is 12.0. The van der Waals surface area contributed by atoms with Crippen LogP contribution in [0, 0.1) is 5.82 Å². The van der Waals surface area contributed by atoms with Gasteiger partial charge in [-0.2, -0.15) is 0 Å². The molecular weight excluding hydrogens is 305 g/mol. The van der Waals surface area contributed by atoms with Gasteiger partial charge < -0.3 is 9.80 Å². The first kappa shape index (κ1) is 16.6. The van der Waals surface area contributed by atoms with Gasteiger partial charge >= 0.3 is 0 Å². The van der Waals surface area contributed by atoms with Gasteiger partial charge in [-0.05, 0) is 49.8 Å². The molecule has 0 bridgehead atoms. The number of pyridine rings is 1. The Morgan fingerprint density at radius 1 is 1.12 bits per heavy atom. The van der Waals surface area contributed by atoms with E-state index in [0.29, 0.717) is 12.1 Å². The third-order valence-electron chi connectivity index (χ3n) is 4.31. The minimum absolute atomic E-state index is 0.0219. The van der Waals surface area contributed by atoms with Crippen molar-refractivity contribution < 1.29 is 9.18 Å². The van der Waals surface area contributed by atoms with E-state index in [1.165, 1.54) is 12.1 Å². The minimum atomic E-state index is -0.256. The second-order valence-corrected chi connectivity index (χ2v) is 6.27.